The number of halogens is 2. The van der Waals surface area contributed by atoms with Crippen molar-refractivity contribution in [1.29, 1.82) is 0 Å². The number of ether oxygens (including phenoxy) is 2. The van der Waals surface area contributed by atoms with Crippen molar-refractivity contribution < 1.29 is 14.3 Å². The van der Waals surface area contributed by atoms with Crippen molar-refractivity contribution >= 4 is 40.8 Å². The van der Waals surface area contributed by atoms with Crippen LogP contribution in [0.1, 0.15) is 27.8 Å². The van der Waals surface area contributed by atoms with E-state index in [1.807, 2.05) is 36.4 Å². The van der Waals surface area contributed by atoms with Gasteiger partial charge in [-0.1, -0.05) is 29.3 Å². The molecule has 1 N–H and O–H groups in total. The maximum absolute atomic E-state index is 11.9. The molecule has 0 bridgehead atoms. The van der Waals surface area contributed by atoms with Gasteiger partial charge in [-0.2, -0.15) is 4.98 Å². The van der Waals surface area contributed by atoms with Crippen LogP contribution in [0.3, 0.4) is 0 Å². The van der Waals surface area contributed by atoms with E-state index in [1.54, 1.807) is 23.9 Å². The van der Waals surface area contributed by atoms with Crippen LogP contribution >= 0.6 is 23.2 Å². The Bertz CT molecular complexity index is 1110. The fourth-order valence-corrected chi connectivity index (χ4v) is 3.59. The smallest absolute Gasteiger partial charge is 0.378 e. The topological polar surface area (TPSA) is 78.3 Å². The number of nitrogens with one attached hydrogen (secondary N) is 1. The van der Waals surface area contributed by atoms with E-state index in [0.717, 1.165) is 22.6 Å². The van der Waals surface area contributed by atoms with Crippen molar-refractivity contribution in [1.82, 2.24) is 14.8 Å². The molecular weight excluding hydrogens is 415 g/mol. The molecule has 0 fully saturated rings. The molecule has 29 heavy (non-hydrogen) atoms. The fraction of sp³-hybridized carbons (Fsp3) is 0.150. The van der Waals surface area contributed by atoms with Crippen molar-refractivity contribution in [3.8, 4) is 5.75 Å². The molecule has 4 rings (SSSR count). The van der Waals surface area contributed by atoms with E-state index in [2.05, 4.69) is 15.4 Å². The highest BCUT2D eigenvalue weighted by molar-refractivity contribution is 6.35. The number of esters is 1. The molecule has 1 aliphatic rings. The second-order valence-electron chi connectivity index (χ2n) is 6.24. The largest absolute Gasteiger partial charge is 0.497 e. The second-order valence-corrected chi connectivity index (χ2v) is 7.08. The SMILES string of the molecule is COC(=O)c1nc2n(n1)C(c1ccc(Cl)cc1Cl)C=C(c1ccc(OC)cc1)N2. The van der Waals surface area contributed by atoms with Gasteiger partial charge in [0.25, 0.3) is 5.82 Å². The average molecular weight is 431 g/mol. The summed E-state index contributed by atoms with van der Waals surface area (Å²) < 4.78 is 11.6. The lowest BCUT2D eigenvalue weighted by molar-refractivity contribution is 0.0586. The molecule has 1 unspecified atom stereocenters. The van der Waals surface area contributed by atoms with E-state index >= 15 is 0 Å². The molecule has 148 valence electrons. The summed E-state index contributed by atoms with van der Waals surface area (Å²) in [6, 6.07) is 12.4. The van der Waals surface area contributed by atoms with Gasteiger partial charge in [0.05, 0.1) is 14.2 Å². The zero-order valence-electron chi connectivity index (χ0n) is 15.5. The Balaban J connectivity index is 1.83. The van der Waals surface area contributed by atoms with Crippen LogP contribution in [0.5, 0.6) is 5.75 Å². The van der Waals surface area contributed by atoms with Gasteiger partial charge in [0, 0.05) is 15.7 Å². The molecule has 7 nitrogen and oxygen atoms in total. The number of hydrogen-bond donors (Lipinski definition) is 1. The number of carbonyl (C=O) groups is 1. The number of nitrogens with zero attached hydrogens (tertiary/aromatic N) is 3. The number of allylic oxidation sites excluding steroid dienone is 1. The number of benzene rings is 2. The van der Waals surface area contributed by atoms with E-state index < -0.39 is 12.0 Å². The van der Waals surface area contributed by atoms with Crippen LogP contribution in [0, 0.1) is 0 Å². The third kappa shape index (κ3) is 3.66. The first-order valence-corrected chi connectivity index (χ1v) is 9.39. The Hall–Kier alpha value is -3.03. The molecule has 0 amide bonds. The van der Waals surface area contributed by atoms with Crippen molar-refractivity contribution in [2.75, 3.05) is 19.5 Å². The summed E-state index contributed by atoms with van der Waals surface area (Å²) in [4.78, 5) is 16.2. The molecule has 0 saturated heterocycles. The molecule has 2 heterocycles. The summed E-state index contributed by atoms with van der Waals surface area (Å²) in [5, 5.41) is 8.54. The Kier molecular flexibility index (Phi) is 5.17. The predicted molar refractivity (Wildman–Crippen MR) is 111 cm³/mol. The Morgan fingerprint density at radius 2 is 1.90 bits per heavy atom. The number of methoxy groups -OCH3 is 2. The number of hydrogen-bond acceptors (Lipinski definition) is 6. The molecule has 0 radical (unpaired) electrons. The first kappa shape index (κ1) is 19.3. The van der Waals surface area contributed by atoms with Crippen LogP contribution in [0.25, 0.3) is 5.70 Å². The monoisotopic (exact) mass is 430 g/mol. The molecule has 9 heteroatoms. The van der Waals surface area contributed by atoms with Crippen molar-refractivity contribution in [2.24, 2.45) is 0 Å². The molecule has 0 spiro atoms. The highest BCUT2D eigenvalue weighted by atomic mass is 35.5. The number of rotatable bonds is 4. The number of fused-ring (bicyclic) bond motifs is 1. The summed E-state index contributed by atoms with van der Waals surface area (Å²) in [5.41, 5.74) is 2.47. The number of carbonyl (C=O) groups excluding carboxylic acids is 1. The zero-order chi connectivity index (χ0) is 20.5. The van der Waals surface area contributed by atoms with Crippen molar-refractivity contribution in [2.45, 2.75) is 6.04 Å². The highest BCUT2D eigenvalue weighted by Crippen LogP contribution is 2.36. The van der Waals surface area contributed by atoms with Gasteiger partial charge in [-0.15, -0.1) is 5.10 Å². The molecule has 1 aromatic heterocycles. The maximum atomic E-state index is 11.9. The molecule has 0 aliphatic carbocycles. The van der Waals surface area contributed by atoms with E-state index in [-0.39, 0.29) is 5.82 Å². The standard InChI is InChI=1S/C20H16Cl2N4O3/c1-28-13-6-3-11(4-7-13)16-10-17(14-8-5-12(21)9-15(14)22)26-20(23-16)24-18(25-26)19(27)29-2/h3-10,17H,1-2H3,(H,23,24,25). The van der Waals surface area contributed by atoms with Crippen molar-refractivity contribution in [3.05, 3.63) is 75.5 Å². The predicted octanol–water partition coefficient (Wildman–Crippen LogP) is 4.44. The lowest BCUT2D eigenvalue weighted by Crippen LogP contribution is -2.20. The average Bonchev–Trinajstić information content (AvgIpc) is 3.17. The van der Waals surface area contributed by atoms with Gasteiger partial charge < -0.3 is 14.8 Å². The maximum Gasteiger partial charge on any atom is 0.378 e. The molecule has 3 aromatic rings. The normalized spacial score (nSPS) is 15.2. The van der Waals surface area contributed by atoms with Gasteiger partial charge in [0.15, 0.2) is 0 Å². The van der Waals surface area contributed by atoms with Gasteiger partial charge in [-0.25, -0.2) is 9.48 Å². The van der Waals surface area contributed by atoms with Crippen LogP contribution in [-0.4, -0.2) is 35.0 Å². The summed E-state index contributed by atoms with van der Waals surface area (Å²) in [7, 11) is 2.90. The lowest BCUT2D eigenvalue weighted by atomic mass is 10.0. The molecule has 1 aliphatic heterocycles. The first-order valence-electron chi connectivity index (χ1n) is 8.63. The second kappa shape index (κ2) is 7.77. The van der Waals surface area contributed by atoms with Gasteiger partial charge in [-0.05, 0) is 53.6 Å². The van der Waals surface area contributed by atoms with Crippen LogP contribution in [0.4, 0.5) is 5.95 Å². The first-order chi connectivity index (χ1) is 14.0. The van der Waals surface area contributed by atoms with E-state index in [9.17, 15) is 4.79 Å². The minimum atomic E-state index is -0.624. The van der Waals surface area contributed by atoms with Crippen LogP contribution in [-0.2, 0) is 4.74 Å². The lowest BCUT2D eigenvalue weighted by Gasteiger charge is -2.25. The summed E-state index contributed by atoms with van der Waals surface area (Å²) in [5.74, 6) is 0.475. The molecule has 0 saturated carbocycles. The van der Waals surface area contributed by atoms with Gasteiger partial charge >= 0.3 is 5.97 Å². The van der Waals surface area contributed by atoms with Crippen LogP contribution < -0.4 is 10.1 Å². The Morgan fingerprint density at radius 3 is 2.55 bits per heavy atom. The zero-order valence-corrected chi connectivity index (χ0v) is 17.0. The number of aromatic nitrogens is 3. The summed E-state index contributed by atoms with van der Waals surface area (Å²) >= 11 is 12.5. The van der Waals surface area contributed by atoms with Gasteiger partial charge in [0.1, 0.15) is 11.8 Å². The van der Waals surface area contributed by atoms with Gasteiger partial charge in [0.2, 0.25) is 5.95 Å². The highest BCUT2D eigenvalue weighted by Gasteiger charge is 2.28. The fourth-order valence-electron chi connectivity index (χ4n) is 3.07. The third-order valence-corrected chi connectivity index (χ3v) is 5.08. The summed E-state index contributed by atoms with van der Waals surface area (Å²) in [6.45, 7) is 0. The van der Waals surface area contributed by atoms with Gasteiger partial charge in [-0.3, -0.25) is 0 Å². The Morgan fingerprint density at radius 1 is 1.14 bits per heavy atom. The third-order valence-electron chi connectivity index (χ3n) is 4.52. The van der Waals surface area contributed by atoms with E-state index in [0.29, 0.717) is 16.0 Å². The minimum absolute atomic E-state index is 0.0468. The minimum Gasteiger partial charge on any atom is -0.497 e. The van der Waals surface area contributed by atoms with Crippen LogP contribution in [0.2, 0.25) is 10.0 Å². The van der Waals surface area contributed by atoms with E-state index in [1.165, 1.54) is 7.11 Å². The van der Waals surface area contributed by atoms with E-state index in [4.69, 9.17) is 32.7 Å². The van der Waals surface area contributed by atoms with Crippen LogP contribution in [0.15, 0.2) is 48.5 Å². The summed E-state index contributed by atoms with van der Waals surface area (Å²) in [6.07, 6.45) is 1.96. The molecule has 2 aromatic carbocycles. The molecule has 1 atom stereocenters. The quantitative estimate of drug-likeness (QED) is 0.616. The number of anilines is 1. The Labute approximate surface area is 176 Å². The van der Waals surface area contributed by atoms with Crippen molar-refractivity contribution in [3.63, 3.8) is 0 Å². The molecular formula is C20H16Cl2N4O3.